The van der Waals surface area contributed by atoms with E-state index in [9.17, 15) is 0 Å². The molecule has 2 aromatic heterocycles. The summed E-state index contributed by atoms with van der Waals surface area (Å²) < 4.78 is 4.78. The molecule has 0 saturated heterocycles. The van der Waals surface area contributed by atoms with E-state index in [1.165, 1.54) is 88.7 Å². The molecule has 0 aliphatic heterocycles. The molecule has 0 aliphatic carbocycles. The van der Waals surface area contributed by atoms with E-state index in [-0.39, 0.29) is 48.0 Å². The number of halogens is 2. The van der Waals surface area contributed by atoms with E-state index in [0.717, 1.165) is 0 Å². The van der Waals surface area contributed by atoms with E-state index < -0.39 is 0 Å². The van der Waals surface area contributed by atoms with Crippen molar-refractivity contribution < 1.29 is 57.1 Å². The van der Waals surface area contributed by atoms with E-state index >= 15 is 0 Å². The first-order chi connectivity index (χ1) is 11.8. The van der Waals surface area contributed by atoms with Gasteiger partial charge >= 0.3 is 0 Å². The van der Waals surface area contributed by atoms with Crippen molar-refractivity contribution in [2.45, 2.75) is 91.1 Å². The number of rotatable bonds is 13. The quantitative estimate of drug-likeness (QED) is 0.164. The third-order valence-corrected chi connectivity index (χ3v) is 6.51. The van der Waals surface area contributed by atoms with Crippen LogP contribution in [0.2, 0.25) is 0 Å². The summed E-state index contributed by atoms with van der Waals surface area (Å²) in [5.41, 5.74) is 7.31. The molecule has 0 radical (unpaired) electrons. The minimum absolute atomic E-state index is 0. The lowest BCUT2D eigenvalue weighted by atomic mass is 10.1. The standard InChI is InChI=1S/C20H34N2S2.2HI/c1-19-15-23-17-21(19)13-11-9-7-5-3-4-6-8-10-12-14-22-18-24-16-20(22)2;;/h15-18H,3-14H2,1-2H3;2*1H/q+2;;/p-2. The maximum absolute atomic E-state index is 2.39. The summed E-state index contributed by atoms with van der Waals surface area (Å²) in [5, 5.41) is 4.47. The molecule has 6 heteroatoms. The first-order valence-corrected chi connectivity index (χ1v) is 11.5. The number of thiazole rings is 2. The molecule has 0 aromatic carbocycles. The van der Waals surface area contributed by atoms with Crippen LogP contribution in [0.3, 0.4) is 0 Å². The second kappa shape index (κ2) is 16.7. The highest BCUT2D eigenvalue weighted by atomic mass is 127. The van der Waals surface area contributed by atoms with Gasteiger partial charge in [0.15, 0.2) is 11.4 Å². The number of aryl methyl sites for hydroxylation is 4. The van der Waals surface area contributed by atoms with Gasteiger partial charge in [0.25, 0.3) is 0 Å². The Morgan fingerprint density at radius 3 is 1.15 bits per heavy atom. The fraction of sp³-hybridized carbons (Fsp3) is 0.700. The van der Waals surface area contributed by atoms with Crippen LogP contribution in [-0.4, -0.2) is 0 Å². The van der Waals surface area contributed by atoms with Crippen LogP contribution in [0.1, 0.15) is 75.6 Å². The lowest BCUT2D eigenvalue weighted by Crippen LogP contribution is -3.00. The molecular formula is C20H34I2N2S2. The van der Waals surface area contributed by atoms with Crippen molar-refractivity contribution in [3.63, 3.8) is 0 Å². The molecule has 2 rings (SSSR count). The summed E-state index contributed by atoms with van der Waals surface area (Å²) in [6.45, 7) is 6.82. The van der Waals surface area contributed by atoms with Crippen molar-refractivity contribution in [3.05, 3.63) is 33.2 Å². The van der Waals surface area contributed by atoms with Gasteiger partial charge in [-0.25, -0.2) is 0 Å². The van der Waals surface area contributed by atoms with Gasteiger partial charge in [-0.15, -0.1) is 0 Å². The molecular weight excluding hydrogens is 586 g/mol. The number of unbranched alkanes of at least 4 members (excludes halogenated alkanes) is 9. The monoisotopic (exact) mass is 620 g/mol. The maximum atomic E-state index is 2.39. The van der Waals surface area contributed by atoms with E-state index in [0.29, 0.717) is 0 Å². The van der Waals surface area contributed by atoms with Gasteiger partial charge in [0.1, 0.15) is 13.1 Å². The SMILES string of the molecule is Cc1csc[n+]1CCCCCCCCCCCC[n+]1cscc1C.[I-].[I-]. The van der Waals surface area contributed by atoms with Crippen LogP contribution in [0.5, 0.6) is 0 Å². The predicted molar refractivity (Wildman–Crippen MR) is 105 cm³/mol. The molecule has 0 amide bonds. The van der Waals surface area contributed by atoms with E-state index in [1.807, 2.05) is 22.7 Å². The summed E-state index contributed by atoms with van der Waals surface area (Å²) in [6, 6.07) is 0. The summed E-state index contributed by atoms with van der Waals surface area (Å²) in [5.74, 6) is 0. The lowest BCUT2D eigenvalue weighted by Gasteiger charge is -2.02. The van der Waals surface area contributed by atoms with Gasteiger partial charge < -0.3 is 48.0 Å². The smallest absolute Gasteiger partial charge is 0.224 e. The van der Waals surface area contributed by atoms with Crippen LogP contribution in [0.15, 0.2) is 21.8 Å². The van der Waals surface area contributed by atoms with Crippen molar-refractivity contribution >= 4 is 22.7 Å². The van der Waals surface area contributed by atoms with E-state index in [1.54, 1.807) is 0 Å². The first kappa shape index (κ1) is 26.7. The van der Waals surface area contributed by atoms with Crippen LogP contribution in [-0.2, 0) is 13.1 Å². The molecule has 0 saturated carbocycles. The second-order valence-electron chi connectivity index (χ2n) is 6.92. The molecule has 2 aromatic rings. The average Bonchev–Trinajstić information content (AvgIpc) is 3.17. The zero-order valence-corrected chi connectivity index (χ0v) is 22.2. The third kappa shape index (κ3) is 10.9. The molecule has 0 unspecified atom stereocenters. The number of aromatic nitrogens is 2. The molecule has 0 fully saturated rings. The normalized spacial score (nSPS) is 10.4. The highest BCUT2D eigenvalue weighted by Crippen LogP contribution is 2.11. The largest absolute Gasteiger partial charge is 1.00 e. The van der Waals surface area contributed by atoms with Crippen molar-refractivity contribution in [1.82, 2.24) is 0 Å². The van der Waals surface area contributed by atoms with Crippen molar-refractivity contribution in [1.29, 1.82) is 0 Å². The Morgan fingerprint density at radius 2 is 0.885 bits per heavy atom. The molecule has 0 atom stereocenters. The Morgan fingerprint density at radius 1 is 0.577 bits per heavy atom. The zero-order valence-electron chi connectivity index (χ0n) is 16.3. The Hall–Kier alpha value is 0.720. The Balaban J connectivity index is 0.00000312. The Labute approximate surface area is 202 Å². The zero-order chi connectivity index (χ0) is 17.0. The minimum atomic E-state index is 0. The van der Waals surface area contributed by atoms with Gasteiger partial charge in [-0.05, 0) is 12.8 Å². The highest BCUT2D eigenvalue weighted by molar-refractivity contribution is 7.07. The Kier molecular flexibility index (Phi) is 17.1. The van der Waals surface area contributed by atoms with Gasteiger partial charge in [0.05, 0.1) is 10.8 Å². The van der Waals surface area contributed by atoms with Gasteiger partial charge in [0, 0.05) is 26.7 Å². The predicted octanol–water partition coefficient (Wildman–Crippen LogP) is -0.389. The van der Waals surface area contributed by atoms with E-state index in [2.05, 4.69) is 44.8 Å². The number of hydrogen-bond acceptors (Lipinski definition) is 2. The second-order valence-corrected chi connectivity index (χ2v) is 8.36. The summed E-state index contributed by atoms with van der Waals surface area (Å²) >= 11 is 3.62. The van der Waals surface area contributed by atoms with Crippen molar-refractivity contribution in [3.8, 4) is 0 Å². The molecule has 2 heterocycles. The van der Waals surface area contributed by atoms with Crippen LogP contribution >= 0.6 is 22.7 Å². The fourth-order valence-corrected chi connectivity index (χ4v) is 4.77. The molecule has 0 aliphatic rings. The molecule has 26 heavy (non-hydrogen) atoms. The van der Waals surface area contributed by atoms with Crippen LogP contribution in [0, 0.1) is 13.8 Å². The van der Waals surface area contributed by atoms with Gasteiger partial charge in [-0.1, -0.05) is 61.2 Å². The molecule has 0 spiro atoms. The van der Waals surface area contributed by atoms with Crippen molar-refractivity contribution in [2.24, 2.45) is 0 Å². The summed E-state index contributed by atoms with van der Waals surface area (Å²) in [4.78, 5) is 0. The average molecular weight is 620 g/mol. The third-order valence-electron chi connectivity index (χ3n) is 4.81. The van der Waals surface area contributed by atoms with Gasteiger partial charge in [-0.3, -0.25) is 0 Å². The number of hydrogen-bond donors (Lipinski definition) is 0. The molecule has 2 nitrogen and oxygen atoms in total. The summed E-state index contributed by atoms with van der Waals surface area (Å²) in [6.07, 6.45) is 14.0. The molecule has 0 bridgehead atoms. The van der Waals surface area contributed by atoms with Crippen molar-refractivity contribution in [2.75, 3.05) is 0 Å². The highest BCUT2D eigenvalue weighted by Gasteiger charge is 2.06. The van der Waals surface area contributed by atoms with E-state index in [4.69, 9.17) is 0 Å². The topological polar surface area (TPSA) is 7.76 Å². The van der Waals surface area contributed by atoms with Gasteiger partial charge in [-0.2, -0.15) is 9.13 Å². The Bertz CT molecular complexity index is 519. The van der Waals surface area contributed by atoms with Crippen LogP contribution in [0.4, 0.5) is 0 Å². The molecule has 150 valence electrons. The maximum Gasteiger partial charge on any atom is 0.224 e. The summed E-state index contributed by atoms with van der Waals surface area (Å²) in [7, 11) is 0. The lowest BCUT2D eigenvalue weighted by molar-refractivity contribution is -0.698. The van der Waals surface area contributed by atoms with Crippen LogP contribution < -0.4 is 57.1 Å². The first-order valence-electron chi connectivity index (χ1n) is 9.62. The minimum Gasteiger partial charge on any atom is -1.00 e. The number of nitrogens with zero attached hydrogens (tertiary/aromatic N) is 2. The van der Waals surface area contributed by atoms with Crippen LogP contribution in [0.25, 0.3) is 0 Å². The van der Waals surface area contributed by atoms with Gasteiger partial charge in [0.2, 0.25) is 11.0 Å². The fourth-order valence-electron chi connectivity index (χ4n) is 3.14. The molecule has 0 N–H and O–H groups in total.